The number of hydrogen-bond acceptors (Lipinski definition) is 4. The van der Waals surface area contributed by atoms with E-state index < -0.39 is 0 Å². The molecule has 2 aliphatic heterocycles. The second-order valence-electron chi connectivity index (χ2n) is 6.84. The Hall–Kier alpha value is -2.30. The lowest BCUT2D eigenvalue weighted by Gasteiger charge is -2.18. The Morgan fingerprint density at radius 1 is 1.27 bits per heavy atom. The van der Waals surface area contributed by atoms with Crippen molar-refractivity contribution in [3.8, 4) is 11.5 Å². The maximum absolute atomic E-state index is 12.9. The number of phenols is 1. The number of phenolic OH excluding ortho intramolecular Hbond substituents is 1. The van der Waals surface area contributed by atoms with Gasteiger partial charge in [-0.1, -0.05) is 29.8 Å². The number of hydrogen-bond donors (Lipinski definition) is 1. The predicted molar refractivity (Wildman–Crippen MR) is 102 cm³/mol. The van der Waals surface area contributed by atoms with Crippen LogP contribution in [-0.2, 0) is 6.54 Å². The van der Waals surface area contributed by atoms with E-state index in [-0.39, 0.29) is 17.3 Å². The van der Waals surface area contributed by atoms with Crippen LogP contribution in [0.1, 0.15) is 39.9 Å². The van der Waals surface area contributed by atoms with Gasteiger partial charge in [0.1, 0.15) is 11.5 Å². The molecular formula is C21H20ClNO3. The number of Topliss-reactive ketones (excluding diaryl/α,β-unsaturated/α-hetero) is 1. The highest BCUT2D eigenvalue weighted by atomic mass is 35.5. The number of allylic oxidation sites excluding steroid dienone is 1. The van der Waals surface area contributed by atoms with E-state index in [1.165, 1.54) is 0 Å². The third-order valence-electron chi connectivity index (χ3n) is 4.99. The monoisotopic (exact) mass is 369 g/mol. The minimum absolute atomic E-state index is 0.167. The molecule has 0 saturated carbocycles. The van der Waals surface area contributed by atoms with Crippen molar-refractivity contribution >= 4 is 23.5 Å². The summed E-state index contributed by atoms with van der Waals surface area (Å²) in [5, 5.41) is 11.0. The van der Waals surface area contributed by atoms with E-state index in [4.69, 9.17) is 16.3 Å². The average Bonchev–Trinajstić information content (AvgIpc) is 3.22. The van der Waals surface area contributed by atoms with E-state index >= 15 is 0 Å². The minimum Gasteiger partial charge on any atom is -0.507 e. The second-order valence-corrected chi connectivity index (χ2v) is 7.25. The molecule has 4 rings (SSSR count). The van der Waals surface area contributed by atoms with Crippen molar-refractivity contribution in [2.45, 2.75) is 26.3 Å². The number of rotatable bonds is 3. The lowest BCUT2D eigenvalue weighted by molar-refractivity contribution is 0.101. The van der Waals surface area contributed by atoms with Gasteiger partial charge >= 0.3 is 0 Å². The first kappa shape index (κ1) is 17.1. The summed E-state index contributed by atoms with van der Waals surface area (Å²) in [7, 11) is 0. The predicted octanol–water partition coefficient (Wildman–Crippen LogP) is 4.57. The Balaban J connectivity index is 1.75. The van der Waals surface area contributed by atoms with Gasteiger partial charge in [-0.3, -0.25) is 9.69 Å². The molecule has 0 unspecified atom stereocenters. The fourth-order valence-corrected chi connectivity index (χ4v) is 3.82. The van der Waals surface area contributed by atoms with E-state index in [1.54, 1.807) is 18.2 Å². The third-order valence-corrected chi connectivity index (χ3v) is 5.34. The summed E-state index contributed by atoms with van der Waals surface area (Å²) in [6.45, 7) is 4.40. The molecule has 26 heavy (non-hydrogen) atoms. The molecule has 0 bridgehead atoms. The van der Waals surface area contributed by atoms with E-state index in [2.05, 4.69) is 4.90 Å². The molecule has 0 atom stereocenters. The molecule has 4 nitrogen and oxygen atoms in total. The smallest absolute Gasteiger partial charge is 0.232 e. The Kier molecular flexibility index (Phi) is 4.47. The van der Waals surface area contributed by atoms with Crippen molar-refractivity contribution in [3.63, 3.8) is 0 Å². The van der Waals surface area contributed by atoms with E-state index in [0.717, 1.165) is 37.1 Å². The minimum atomic E-state index is -0.167. The van der Waals surface area contributed by atoms with E-state index in [0.29, 0.717) is 28.4 Å². The number of aromatic hydroxyl groups is 1. The van der Waals surface area contributed by atoms with Gasteiger partial charge in [-0.05, 0) is 62.2 Å². The van der Waals surface area contributed by atoms with Crippen LogP contribution in [-0.4, -0.2) is 28.9 Å². The van der Waals surface area contributed by atoms with Crippen molar-refractivity contribution in [1.29, 1.82) is 0 Å². The number of carbonyl (C=O) groups excluding carboxylic acids is 1. The number of ether oxygens (including phenoxy) is 1. The van der Waals surface area contributed by atoms with Gasteiger partial charge in [0.15, 0.2) is 5.76 Å². The highest BCUT2D eigenvalue weighted by molar-refractivity contribution is 6.32. The topological polar surface area (TPSA) is 49.8 Å². The number of fused-ring (bicyclic) bond motifs is 1. The number of aryl methyl sites for hydroxylation is 1. The van der Waals surface area contributed by atoms with Gasteiger partial charge in [-0.15, -0.1) is 0 Å². The van der Waals surface area contributed by atoms with Gasteiger partial charge < -0.3 is 9.84 Å². The van der Waals surface area contributed by atoms with Crippen LogP contribution in [0, 0.1) is 6.92 Å². The molecule has 5 heteroatoms. The molecule has 0 amide bonds. The van der Waals surface area contributed by atoms with Gasteiger partial charge in [0.2, 0.25) is 5.78 Å². The van der Waals surface area contributed by atoms with Crippen LogP contribution >= 0.6 is 11.6 Å². The molecule has 0 spiro atoms. The summed E-state index contributed by atoms with van der Waals surface area (Å²) in [6, 6.07) is 8.97. The van der Waals surface area contributed by atoms with Gasteiger partial charge in [-0.25, -0.2) is 0 Å². The highest BCUT2D eigenvalue weighted by Crippen LogP contribution is 2.42. The highest BCUT2D eigenvalue weighted by Gasteiger charge is 2.34. The van der Waals surface area contributed by atoms with Crippen LogP contribution in [0.4, 0.5) is 0 Å². The van der Waals surface area contributed by atoms with Gasteiger partial charge in [0, 0.05) is 11.6 Å². The fraction of sp³-hybridized carbons (Fsp3) is 0.286. The van der Waals surface area contributed by atoms with Crippen molar-refractivity contribution in [2.24, 2.45) is 0 Å². The normalized spacial score (nSPS) is 18.4. The molecule has 1 fully saturated rings. The van der Waals surface area contributed by atoms with Crippen LogP contribution < -0.4 is 4.74 Å². The zero-order valence-electron chi connectivity index (χ0n) is 14.6. The van der Waals surface area contributed by atoms with E-state index in [1.807, 2.05) is 25.1 Å². The number of ketones is 1. The zero-order chi connectivity index (χ0) is 18.3. The second kappa shape index (κ2) is 6.78. The fourth-order valence-electron chi connectivity index (χ4n) is 3.63. The number of halogens is 1. The van der Waals surface area contributed by atoms with Crippen LogP contribution in [0.2, 0.25) is 5.02 Å². The first-order valence-electron chi connectivity index (χ1n) is 8.81. The third kappa shape index (κ3) is 3.00. The number of benzene rings is 2. The first-order chi connectivity index (χ1) is 12.5. The quantitative estimate of drug-likeness (QED) is 0.805. The lowest BCUT2D eigenvalue weighted by Crippen LogP contribution is -2.19. The summed E-state index contributed by atoms with van der Waals surface area (Å²) in [4.78, 5) is 15.2. The maximum Gasteiger partial charge on any atom is 0.232 e. The Bertz CT molecular complexity index is 914. The Morgan fingerprint density at radius 3 is 2.73 bits per heavy atom. The Morgan fingerprint density at radius 2 is 2.00 bits per heavy atom. The van der Waals surface area contributed by atoms with Crippen LogP contribution in [0.15, 0.2) is 36.1 Å². The van der Waals surface area contributed by atoms with Gasteiger partial charge in [0.25, 0.3) is 0 Å². The molecule has 134 valence electrons. The van der Waals surface area contributed by atoms with Crippen molar-refractivity contribution in [1.82, 2.24) is 4.90 Å². The molecular weight excluding hydrogens is 350 g/mol. The standard InChI is InChI=1S/C21H20ClNO3/c1-13-10-17(24)15(12-23-8-4-5-9-23)21-19(13)20(25)18(26-21)11-14-6-2-3-7-16(14)22/h2-3,6-7,10-11,24H,4-5,8-9,12H2,1H3/b18-11-. The molecule has 2 aromatic carbocycles. The summed E-state index contributed by atoms with van der Waals surface area (Å²) in [5.41, 5.74) is 2.67. The van der Waals surface area contributed by atoms with Gasteiger partial charge in [-0.2, -0.15) is 0 Å². The largest absolute Gasteiger partial charge is 0.507 e. The van der Waals surface area contributed by atoms with Gasteiger partial charge in [0.05, 0.1) is 11.1 Å². The maximum atomic E-state index is 12.9. The molecule has 2 aromatic rings. The summed E-state index contributed by atoms with van der Waals surface area (Å²) in [6.07, 6.45) is 3.99. The number of nitrogens with zero attached hydrogens (tertiary/aromatic N) is 1. The molecule has 2 aliphatic rings. The van der Waals surface area contributed by atoms with Crippen LogP contribution in [0.5, 0.6) is 11.5 Å². The molecule has 1 N–H and O–H groups in total. The number of carbonyl (C=O) groups is 1. The molecule has 2 heterocycles. The zero-order valence-corrected chi connectivity index (χ0v) is 15.3. The molecule has 1 saturated heterocycles. The van der Waals surface area contributed by atoms with E-state index in [9.17, 15) is 9.90 Å². The first-order valence-corrected chi connectivity index (χ1v) is 9.19. The summed E-state index contributed by atoms with van der Waals surface area (Å²) < 4.78 is 5.95. The summed E-state index contributed by atoms with van der Waals surface area (Å²) >= 11 is 6.20. The molecule has 0 radical (unpaired) electrons. The van der Waals surface area contributed by atoms with Crippen molar-refractivity contribution in [3.05, 3.63) is 63.4 Å². The molecule has 0 aromatic heterocycles. The summed E-state index contributed by atoms with van der Waals surface area (Å²) in [5.74, 6) is 0.738. The van der Waals surface area contributed by atoms with Crippen LogP contribution in [0.3, 0.4) is 0 Å². The Labute approximate surface area is 157 Å². The molecule has 0 aliphatic carbocycles. The van der Waals surface area contributed by atoms with Crippen molar-refractivity contribution in [2.75, 3.05) is 13.1 Å². The van der Waals surface area contributed by atoms with Crippen LogP contribution in [0.25, 0.3) is 6.08 Å². The number of likely N-dealkylation sites (tertiary alicyclic amines) is 1. The lowest BCUT2D eigenvalue weighted by atomic mass is 9.99. The average molecular weight is 370 g/mol. The SMILES string of the molecule is Cc1cc(O)c(CN2CCCC2)c2c1C(=O)/C(=C/c1ccccc1Cl)O2. The van der Waals surface area contributed by atoms with Crippen molar-refractivity contribution < 1.29 is 14.6 Å².